The highest BCUT2D eigenvalue weighted by molar-refractivity contribution is 6.31. The fraction of sp³-hybridized carbons (Fsp3) is 0.267. The van der Waals surface area contributed by atoms with Crippen molar-refractivity contribution in [2.45, 2.75) is 26.3 Å². The molecule has 0 radical (unpaired) electrons. The summed E-state index contributed by atoms with van der Waals surface area (Å²) in [7, 11) is 0. The van der Waals surface area contributed by atoms with Gasteiger partial charge in [0.15, 0.2) is 0 Å². The van der Waals surface area contributed by atoms with Crippen LogP contribution in [-0.2, 0) is 12.5 Å². The van der Waals surface area contributed by atoms with E-state index in [1.54, 1.807) is 0 Å². The summed E-state index contributed by atoms with van der Waals surface area (Å²) in [5.41, 5.74) is 3.88. The van der Waals surface area contributed by atoms with Crippen molar-refractivity contribution in [2.75, 3.05) is 0 Å². The van der Waals surface area contributed by atoms with Crippen LogP contribution < -0.4 is 4.74 Å². The predicted octanol–water partition coefficient (Wildman–Crippen LogP) is 4.67. The Hall–Kier alpha value is -1.25. The molecule has 2 aromatic rings. The van der Waals surface area contributed by atoms with Crippen molar-refractivity contribution >= 4 is 23.2 Å². The van der Waals surface area contributed by atoms with Gasteiger partial charge in [0.25, 0.3) is 0 Å². The zero-order chi connectivity index (χ0) is 13.8. The van der Waals surface area contributed by atoms with Crippen molar-refractivity contribution in [2.24, 2.45) is 0 Å². The van der Waals surface area contributed by atoms with Crippen molar-refractivity contribution in [3.63, 3.8) is 0 Å². The molecule has 2 rings (SSSR count). The van der Waals surface area contributed by atoms with Crippen LogP contribution in [0.4, 0.5) is 0 Å². The van der Waals surface area contributed by atoms with E-state index in [0.717, 1.165) is 22.4 Å². The van der Waals surface area contributed by atoms with E-state index in [-0.39, 0.29) is 0 Å². The van der Waals surface area contributed by atoms with E-state index in [1.807, 2.05) is 44.2 Å². The Balaban J connectivity index is 2.22. The summed E-state index contributed by atoms with van der Waals surface area (Å²) in [6.45, 7) is 4.33. The van der Waals surface area contributed by atoms with Crippen LogP contribution in [0.25, 0.3) is 0 Å². The maximum Gasteiger partial charge on any atom is 0.218 e. The Kier molecular flexibility index (Phi) is 4.67. The van der Waals surface area contributed by atoms with Gasteiger partial charge >= 0.3 is 0 Å². The quantitative estimate of drug-likeness (QED) is 0.765. The highest BCUT2D eigenvalue weighted by Gasteiger charge is 2.10. The molecule has 1 heterocycles. The van der Waals surface area contributed by atoms with Crippen molar-refractivity contribution in [3.05, 3.63) is 57.7 Å². The lowest BCUT2D eigenvalue weighted by molar-refractivity contribution is 0.290. The summed E-state index contributed by atoms with van der Waals surface area (Å²) in [6.07, 6.45) is 0. The molecule has 0 unspecified atom stereocenters. The number of hydrogen-bond donors (Lipinski definition) is 0. The largest absolute Gasteiger partial charge is 0.472 e. The fourth-order valence-corrected chi connectivity index (χ4v) is 2.39. The molecule has 0 spiro atoms. The van der Waals surface area contributed by atoms with E-state index in [2.05, 4.69) is 4.98 Å². The van der Waals surface area contributed by atoms with E-state index in [4.69, 9.17) is 27.9 Å². The molecule has 0 fully saturated rings. The van der Waals surface area contributed by atoms with Gasteiger partial charge in [-0.15, -0.1) is 11.6 Å². The lowest BCUT2D eigenvalue weighted by atomic mass is 10.1. The number of hydrogen-bond acceptors (Lipinski definition) is 2. The van der Waals surface area contributed by atoms with Crippen LogP contribution in [0.5, 0.6) is 5.88 Å². The maximum atomic E-state index is 6.10. The average molecular weight is 296 g/mol. The highest BCUT2D eigenvalue weighted by Crippen LogP contribution is 2.24. The van der Waals surface area contributed by atoms with E-state index >= 15 is 0 Å². The highest BCUT2D eigenvalue weighted by atomic mass is 35.5. The van der Waals surface area contributed by atoms with Gasteiger partial charge in [-0.3, -0.25) is 0 Å². The molecule has 0 N–H and O–H groups in total. The maximum absolute atomic E-state index is 6.10. The van der Waals surface area contributed by atoms with Crippen LogP contribution in [0, 0.1) is 13.8 Å². The summed E-state index contributed by atoms with van der Waals surface area (Å²) in [6, 6.07) is 9.61. The first-order valence-electron chi connectivity index (χ1n) is 6.01. The van der Waals surface area contributed by atoms with Gasteiger partial charge < -0.3 is 4.74 Å². The molecular weight excluding hydrogens is 281 g/mol. The molecule has 0 atom stereocenters. The third-order valence-electron chi connectivity index (χ3n) is 2.89. The predicted molar refractivity (Wildman–Crippen MR) is 79.1 cm³/mol. The molecule has 0 amide bonds. The molecule has 2 nitrogen and oxygen atoms in total. The van der Waals surface area contributed by atoms with Crippen LogP contribution in [-0.4, -0.2) is 4.98 Å². The van der Waals surface area contributed by atoms with Crippen LogP contribution >= 0.6 is 23.2 Å². The second kappa shape index (κ2) is 6.27. The molecule has 1 aromatic carbocycles. The number of aromatic nitrogens is 1. The second-order valence-corrected chi connectivity index (χ2v) is 5.05. The van der Waals surface area contributed by atoms with Gasteiger partial charge in [0.05, 0.1) is 5.88 Å². The average Bonchev–Trinajstić information content (AvgIpc) is 2.37. The van der Waals surface area contributed by atoms with E-state index in [9.17, 15) is 0 Å². The molecule has 0 saturated heterocycles. The first-order chi connectivity index (χ1) is 9.11. The molecule has 0 aliphatic heterocycles. The molecule has 0 aliphatic carbocycles. The first kappa shape index (κ1) is 14.2. The molecule has 0 saturated carbocycles. The van der Waals surface area contributed by atoms with Crippen molar-refractivity contribution in [3.8, 4) is 5.88 Å². The van der Waals surface area contributed by atoms with Crippen LogP contribution in [0.15, 0.2) is 30.3 Å². The number of aryl methyl sites for hydroxylation is 2. The Bertz CT molecular complexity index is 584. The van der Waals surface area contributed by atoms with Crippen LogP contribution in [0.3, 0.4) is 0 Å². The smallest absolute Gasteiger partial charge is 0.218 e. The zero-order valence-corrected chi connectivity index (χ0v) is 12.4. The Labute approximate surface area is 123 Å². The van der Waals surface area contributed by atoms with E-state index in [1.165, 1.54) is 0 Å². The molecule has 1 aromatic heterocycles. The monoisotopic (exact) mass is 295 g/mol. The first-order valence-corrected chi connectivity index (χ1v) is 6.92. The summed E-state index contributed by atoms with van der Waals surface area (Å²) < 4.78 is 5.78. The van der Waals surface area contributed by atoms with Gasteiger partial charge in [-0.05, 0) is 31.5 Å². The number of ether oxygens (including phenoxy) is 1. The standard InChI is InChI=1S/C15H15Cl2NO/c1-10-7-11(2)18-15(13(10)8-16)19-9-12-5-3-4-6-14(12)17/h3-7H,8-9H2,1-2H3. The van der Waals surface area contributed by atoms with Gasteiger partial charge in [-0.2, -0.15) is 0 Å². The molecule has 0 bridgehead atoms. The van der Waals surface area contributed by atoms with Crippen LogP contribution in [0.1, 0.15) is 22.4 Å². The van der Waals surface area contributed by atoms with E-state index < -0.39 is 0 Å². The SMILES string of the molecule is Cc1cc(C)c(CCl)c(OCc2ccccc2Cl)n1. The van der Waals surface area contributed by atoms with Crippen LogP contribution in [0.2, 0.25) is 5.02 Å². The van der Waals surface area contributed by atoms with Crippen molar-refractivity contribution < 1.29 is 4.74 Å². The minimum Gasteiger partial charge on any atom is -0.472 e. The molecular formula is C15H15Cl2NO. The van der Waals surface area contributed by atoms with Gasteiger partial charge in [-0.1, -0.05) is 29.8 Å². The number of pyridine rings is 1. The van der Waals surface area contributed by atoms with E-state index in [0.29, 0.717) is 23.4 Å². The normalized spacial score (nSPS) is 10.5. The minimum atomic E-state index is 0.386. The molecule has 0 aliphatic rings. The van der Waals surface area contributed by atoms with Gasteiger partial charge in [0.1, 0.15) is 6.61 Å². The number of rotatable bonds is 4. The topological polar surface area (TPSA) is 22.1 Å². The number of nitrogens with zero attached hydrogens (tertiary/aromatic N) is 1. The Morgan fingerprint density at radius 2 is 1.95 bits per heavy atom. The lowest BCUT2D eigenvalue weighted by Crippen LogP contribution is -2.03. The molecule has 19 heavy (non-hydrogen) atoms. The molecule has 100 valence electrons. The summed E-state index contributed by atoms with van der Waals surface area (Å²) in [5, 5.41) is 0.694. The van der Waals surface area contributed by atoms with Gasteiger partial charge in [0, 0.05) is 21.8 Å². The minimum absolute atomic E-state index is 0.386. The third kappa shape index (κ3) is 3.40. The zero-order valence-electron chi connectivity index (χ0n) is 10.9. The Morgan fingerprint density at radius 3 is 2.63 bits per heavy atom. The Morgan fingerprint density at radius 1 is 1.21 bits per heavy atom. The van der Waals surface area contributed by atoms with Crippen molar-refractivity contribution in [1.82, 2.24) is 4.98 Å². The number of halogens is 2. The fourth-order valence-electron chi connectivity index (χ4n) is 1.87. The van der Waals surface area contributed by atoms with Gasteiger partial charge in [0.2, 0.25) is 5.88 Å². The number of alkyl halides is 1. The summed E-state index contributed by atoms with van der Waals surface area (Å²) in [4.78, 5) is 4.40. The second-order valence-electron chi connectivity index (χ2n) is 4.38. The molecule has 4 heteroatoms. The van der Waals surface area contributed by atoms with Gasteiger partial charge in [-0.25, -0.2) is 4.98 Å². The summed E-state index contributed by atoms with van der Waals surface area (Å²) >= 11 is 12.1. The van der Waals surface area contributed by atoms with Crippen molar-refractivity contribution in [1.29, 1.82) is 0 Å². The lowest BCUT2D eigenvalue weighted by Gasteiger charge is -2.12. The summed E-state index contributed by atoms with van der Waals surface area (Å²) in [5.74, 6) is 0.976. The number of benzene rings is 1. The third-order valence-corrected chi connectivity index (χ3v) is 3.53.